The third kappa shape index (κ3) is 0.891. The van der Waals surface area contributed by atoms with E-state index < -0.39 is 5.69 Å². The van der Waals surface area contributed by atoms with Crippen LogP contribution in [0.3, 0.4) is 0 Å². The fourth-order valence-electron chi connectivity index (χ4n) is 1.52. The minimum absolute atomic E-state index is 0.0998. The third-order valence-electron chi connectivity index (χ3n) is 2.09. The van der Waals surface area contributed by atoms with Crippen molar-refractivity contribution in [2.24, 2.45) is 0 Å². The van der Waals surface area contributed by atoms with Crippen molar-refractivity contribution >= 4 is 10.9 Å². The number of rotatable bonds is 0. The largest absolute Gasteiger partial charge is 0.457 e. The van der Waals surface area contributed by atoms with E-state index in [2.05, 4.69) is 9.97 Å². The number of ether oxygens (including phenoxy) is 2. The van der Waals surface area contributed by atoms with E-state index in [0.29, 0.717) is 17.1 Å². The van der Waals surface area contributed by atoms with Gasteiger partial charge in [-0.05, 0) is 12.1 Å². The minimum Gasteiger partial charge on any atom is -0.457 e. The van der Waals surface area contributed by atoms with Crippen LogP contribution >= 0.6 is 0 Å². The number of benzene rings is 1. The van der Waals surface area contributed by atoms with Crippen molar-refractivity contribution in [2.75, 3.05) is 6.79 Å². The molecule has 0 aliphatic carbocycles. The lowest BCUT2D eigenvalue weighted by Gasteiger charge is -2.16. The molecule has 1 N–H and O–H groups in total. The first-order valence-corrected chi connectivity index (χ1v) is 4.13. The molecule has 0 fully saturated rings. The van der Waals surface area contributed by atoms with Crippen LogP contribution in [-0.4, -0.2) is 16.8 Å². The van der Waals surface area contributed by atoms with Crippen LogP contribution in [0.15, 0.2) is 23.0 Å². The molecule has 0 atom stereocenters. The molecule has 70 valence electrons. The maximum absolute atomic E-state index is 11.1. The molecule has 14 heavy (non-hydrogen) atoms. The lowest BCUT2D eigenvalue weighted by Crippen LogP contribution is -2.18. The summed E-state index contributed by atoms with van der Waals surface area (Å²) in [7, 11) is 0. The van der Waals surface area contributed by atoms with Crippen LogP contribution in [0.5, 0.6) is 11.6 Å². The molecule has 1 aromatic carbocycles. The number of hydrogen-bond donors (Lipinski definition) is 1. The first-order chi connectivity index (χ1) is 6.84. The van der Waals surface area contributed by atoms with Crippen molar-refractivity contribution in [3.63, 3.8) is 0 Å². The molecule has 2 aromatic rings. The molecule has 0 unspecified atom stereocenters. The summed E-state index contributed by atoms with van der Waals surface area (Å²) in [6.07, 6.45) is 0. The summed E-state index contributed by atoms with van der Waals surface area (Å²) in [5.41, 5.74) is 0.267. The monoisotopic (exact) mass is 190 g/mol. The highest BCUT2D eigenvalue weighted by atomic mass is 16.7. The highest BCUT2D eigenvalue weighted by Crippen LogP contribution is 2.32. The van der Waals surface area contributed by atoms with Gasteiger partial charge in [-0.2, -0.15) is 4.98 Å². The van der Waals surface area contributed by atoms with Gasteiger partial charge < -0.3 is 14.5 Å². The fraction of sp³-hybridized carbons (Fsp3) is 0.111. The second kappa shape index (κ2) is 2.47. The molecule has 5 nitrogen and oxygen atoms in total. The van der Waals surface area contributed by atoms with Crippen molar-refractivity contribution in [3.05, 3.63) is 28.7 Å². The summed E-state index contributed by atoms with van der Waals surface area (Å²) in [4.78, 5) is 17.4. The van der Waals surface area contributed by atoms with Crippen molar-refractivity contribution in [3.8, 4) is 11.6 Å². The van der Waals surface area contributed by atoms with E-state index in [9.17, 15) is 4.79 Å². The Balaban J connectivity index is 2.54. The van der Waals surface area contributed by atoms with E-state index in [1.165, 1.54) is 0 Å². The quantitative estimate of drug-likeness (QED) is 0.662. The van der Waals surface area contributed by atoms with E-state index in [0.717, 1.165) is 5.39 Å². The fourth-order valence-corrected chi connectivity index (χ4v) is 1.52. The van der Waals surface area contributed by atoms with E-state index >= 15 is 0 Å². The number of H-pyrrole nitrogens is 1. The second-order valence-corrected chi connectivity index (χ2v) is 2.93. The molecule has 1 aliphatic rings. The lowest BCUT2D eigenvalue weighted by molar-refractivity contribution is 0.107. The smallest absolute Gasteiger partial charge is 0.348 e. The molecule has 0 saturated carbocycles. The number of aromatic nitrogens is 2. The normalized spacial score (nSPS) is 13.4. The molecule has 2 heterocycles. The van der Waals surface area contributed by atoms with Gasteiger partial charge in [0.15, 0.2) is 0 Å². The Hall–Kier alpha value is -2.04. The average molecular weight is 190 g/mol. The summed E-state index contributed by atoms with van der Waals surface area (Å²) >= 11 is 0. The number of aromatic amines is 1. The number of hydrogen-bond acceptors (Lipinski definition) is 4. The summed E-state index contributed by atoms with van der Waals surface area (Å²) in [5, 5.41) is 0.721. The summed E-state index contributed by atoms with van der Waals surface area (Å²) in [6.45, 7) is 0.0998. The van der Waals surface area contributed by atoms with Crippen LogP contribution < -0.4 is 15.2 Å². The molecule has 1 aliphatic heterocycles. The first-order valence-electron chi connectivity index (χ1n) is 4.13. The molecule has 1 aromatic heterocycles. The predicted octanol–water partition coefficient (Wildman–Crippen LogP) is 0.652. The van der Waals surface area contributed by atoms with Crippen molar-refractivity contribution in [1.29, 1.82) is 0 Å². The summed E-state index contributed by atoms with van der Waals surface area (Å²) in [6, 6.07) is 5.40. The van der Waals surface area contributed by atoms with Gasteiger partial charge in [0.2, 0.25) is 12.7 Å². The molecule has 0 radical (unpaired) electrons. The maximum Gasteiger partial charge on any atom is 0.348 e. The van der Waals surface area contributed by atoms with E-state index in [1.54, 1.807) is 6.07 Å². The van der Waals surface area contributed by atoms with E-state index in [1.807, 2.05) is 12.1 Å². The zero-order valence-electron chi connectivity index (χ0n) is 7.11. The average Bonchev–Trinajstić information content (AvgIpc) is 2.18. The van der Waals surface area contributed by atoms with Gasteiger partial charge in [-0.1, -0.05) is 6.07 Å². The Labute approximate surface area is 78.3 Å². The van der Waals surface area contributed by atoms with Gasteiger partial charge in [0.1, 0.15) is 11.1 Å². The Morgan fingerprint density at radius 1 is 1.36 bits per heavy atom. The summed E-state index contributed by atoms with van der Waals surface area (Å²) < 4.78 is 10.4. The zero-order valence-corrected chi connectivity index (χ0v) is 7.11. The predicted molar refractivity (Wildman–Crippen MR) is 48.5 cm³/mol. The van der Waals surface area contributed by atoms with Gasteiger partial charge in [0.05, 0.1) is 5.52 Å². The van der Waals surface area contributed by atoms with Crippen LogP contribution in [0.25, 0.3) is 10.9 Å². The Bertz CT molecular complexity index is 561. The topological polar surface area (TPSA) is 64.2 Å². The summed E-state index contributed by atoms with van der Waals surface area (Å²) in [5.74, 6) is 1.03. The highest BCUT2D eigenvalue weighted by Gasteiger charge is 2.16. The van der Waals surface area contributed by atoms with Crippen LogP contribution in [-0.2, 0) is 0 Å². The van der Waals surface area contributed by atoms with Crippen molar-refractivity contribution in [2.45, 2.75) is 0 Å². The second-order valence-electron chi connectivity index (χ2n) is 2.93. The van der Waals surface area contributed by atoms with Gasteiger partial charge in [0.25, 0.3) is 0 Å². The lowest BCUT2D eigenvalue weighted by atomic mass is 10.2. The molecule has 0 amide bonds. The highest BCUT2D eigenvalue weighted by molar-refractivity contribution is 5.89. The van der Waals surface area contributed by atoms with Crippen molar-refractivity contribution in [1.82, 2.24) is 9.97 Å². The Morgan fingerprint density at radius 2 is 2.29 bits per heavy atom. The molecule has 0 saturated heterocycles. The first kappa shape index (κ1) is 7.37. The van der Waals surface area contributed by atoms with Gasteiger partial charge in [-0.3, -0.25) is 0 Å². The minimum atomic E-state index is -0.411. The van der Waals surface area contributed by atoms with Crippen molar-refractivity contribution < 1.29 is 9.47 Å². The molecule has 0 bridgehead atoms. The molecule has 0 spiro atoms. The molecular formula is C9H6N2O3. The Kier molecular flexibility index (Phi) is 1.30. The van der Waals surface area contributed by atoms with Crippen LogP contribution in [0, 0.1) is 0 Å². The van der Waals surface area contributed by atoms with Crippen LogP contribution in [0.1, 0.15) is 0 Å². The molecular weight excluding hydrogens is 184 g/mol. The SMILES string of the molecule is O=c1nc2c3c(cccc3[nH]1)OCO2. The van der Waals surface area contributed by atoms with Gasteiger partial charge >= 0.3 is 5.69 Å². The molecule has 3 rings (SSSR count). The zero-order chi connectivity index (χ0) is 9.54. The van der Waals surface area contributed by atoms with Gasteiger partial charge in [-0.15, -0.1) is 0 Å². The standard InChI is InChI=1S/C9H6N2O3/c12-9-10-5-2-1-3-6-7(5)8(11-9)14-4-13-6/h1-3H,4H2,(H,10,11,12). The third-order valence-corrected chi connectivity index (χ3v) is 2.09. The van der Waals surface area contributed by atoms with Gasteiger partial charge in [-0.25, -0.2) is 4.79 Å². The van der Waals surface area contributed by atoms with Gasteiger partial charge in [0, 0.05) is 0 Å². The van der Waals surface area contributed by atoms with E-state index in [-0.39, 0.29) is 6.79 Å². The maximum atomic E-state index is 11.1. The number of nitrogens with zero attached hydrogens (tertiary/aromatic N) is 1. The van der Waals surface area contributed by atoms with Crippen LogP contribution in [0.4, 0.5) is 0 Å². The van der Waals surface area contributed by atoms with E-state index in [4.69, 9.17) is 9.47 Å². The number of nitrogens with one attached hydrogen (secondary N) is 1. The Morgan fingerprint density at radius 3 is 3.21 bits per heavy atom. The van der Waals surface area contributed by atoms with Crippen LogP contribution in [0.2, 0.25) is 0 Å². The molecule has 5 heteroatoms.